The number of rotatable bonds is 2. The van der Waals surface area contributed by atoms with E-state index in [4.69, 9.17) is 17.3 Å². The van der Waals surface area contributed by atoms with Gasteiger partial charge in [0.05, 0.1) is 6.20 Å². The third-order valence-electron chi connectivity index (χ3n) is 3.26. The van der Waals surface area contributed by atoms with Crippen molar-refractivity contribution in [2.45, 2.75) is 37.8 Å². The number of hydrogen-bond acceptors (Lipinski definition) is 4. The summed E-state index contributed by atoms with van der Waals surface area (Å²) in [6.07, 6.45) is 7.78. The van der Waals surface area contributed by atoms with Crippen LogP contribution in [0.1, 0.15) is 25.7 Å². The third-order valence-corrected chi connectivity index (χ3v) is 3.53. The van der Waals surface area contributed by atoms with E-state index in [1.807, 2.05) is 7.05 Å². The van der Waals surface area contributed by atoms with Gasteiger partial charge >= 0.3 is 0 Å². The third kappa shape index (κ3) is 2.28. The van der Waals surface area contributed by atoms with Crippen LogP contribution in [0.4, 0.5) is 5.82 Å². The van der Waals surface area contributed by atoms with E-state index in [1.165, 1.54) is 19.2 Å². The Hall–Kier alpha value is -0.870. The van der Waals surface area contributed by atoms with Crippen LogP contribution < -0.4 is 10.6 Å². The van der Waals surface area contributed by atoms with Crippen molar-refractivity contribution in [3.8, 4) is 0 Å². The lowest BCUT2D eigenvalue weighted by Crippen LogP contribution is -2.48. The lowest BCUT2D eigenvalue weighted by Gasteiger charge is -2.36. The van der Waals surface area contributed by atoms with E-state index in [2.05, 4.69) is 14.9 Å². The minimum atomic E-state index is 0.213. The fourth-order valence-corrected chi connectivity index (χ4v) is 2.58. The van der Waals surface area contributed by atoms with Gasteiger partial charge in [0.25, 0.3) is 0 Å². The molecule has 88 valence electrons. The predicted octanol–water partition coefficient (Wildman–Crippen LogP) is 1.84. The highest BCUT2D eigenvalue weighted by molar-refractivity contribution is 6.32. The molecule has 1 heterocycles. The van der Waals surface area contributed by atoms with Gasteiger partial charge in [-0.05, 0) is 12.8 Å². The molecule has 1 aromatic rings. The van der Waals surface area contributed by atoms with E-state index in [1.54, 1.807) is 6.20 Å². The van der Waals surface area contributed by atoms with E-state index < -0.39 is 0 Å². The van der Waals surface area contributed by atoms with E-state index in [0.29, 0.717) is 11.1 Å². The second kappa shape index (κ2) is 4.97. The molecule has 16 heavy (non-hydrogen) atoms. The van der Waals surface area contributed by atoms with Gasteiger partial charge in [0.1, 0.15) is 11.3 Å². The first-order valence-electron chi connectivity index (χ1n) is 5.64. The van der Waals surface area contributed by atoms with Crippen LogP contribution in [0.3, 0.4) is 0 Å². The molecule has 0 aliphatic heterocycles. The molecule has 0 radical (unpaired) electrons. The monoisotopic (exact) mass is 240 g/mol. The van der Waals surface area contributed by atoms with Crippen LogP contribution in [-0.2, 0) is 0 Å². The number of hydrogen-bond donors (Lipinski definition) is 1. The second-order valence-electron chi connectivity index (χ2n) is 4.32. The Balaban J connectivity index is 2.17. The number of nitrogens with two attached hydrogens (primary N) is 1. The zero-order valence-corrected chi connectivity index (χ0v) is 10.2. The first-order chi connectivity index (χ1) is 7.70. The molecule has 2 atom stereocenters. The lowest BCUT2D eigenvalue weighted by molar-refractivity contribution is 0.372. The smallest absolute Gasteiger partial charge is 0.150 e. The van der Waals surface area contributed by atoms with E-state index in [9.17, 15) is 0 Å². The number of likely N-dealkylation sites (N-methyl/N-ethyl adjacent to an activating group) is 1. The molecule has 0 saturated heterocycles. The van der Waals surface area contributed by atoms with Crippen molar-refractivity contribution in [1.82, 2.24) is 9.97 Å². The summed E-state index contributed by atoms with van der Waals surface area (Å²) in [6, 6.07) is 0.547. The van der Waals surface area contributed by atoms with Crippen LogP contribution in [0.25, 0.3) is 0 Å². The van der Waals surface area contributed by atoms with Crippen LogP contribution in [0.5, 0.6) is 0 Å². The summed E-state index contributed by atoms with van der Waals surface area (Å²) in [5, 5.41) is 0.586. The fourth-order valence-electron chi connectivity index (χ4n) is 2.34. The van der Waals surface area contributed by atoms with Gasteiger partial charge in [-0.2, -0.15) is 0 Å². The van der Waals surface area contributed by atoms with Crippen LogP contribution in [0, 0.1) is 0 Å². The molecule has 1 aromatic heterocycles. The Kier molecular flexibility index (Phi) is 3.61. The molecule has 1 fully saturated rings. The molecule has 0 spiro atoms. The van der Waals surface area contributed by atoms with Gasteiger partial charge in [-0.25, -0.2) is 9.97 Å². The number of anilines is 1. The van der Waals surface area contributed by atoms with E-state index in [0.717, 1.165) is 18.7 Å². The molecule has 1 aliphatic carbocycles. The molecule has 0 aromatic carbocycles. The maximum Gasteiger partial charge on any atom is 0.150 e. The number of halogens is 1. The quantitative estimate of drug-likeness (QED) is 0.857. The Morgan fingerprint density at radius 3 is 2.88 bits per heavy atom. The maximum absolute atomic E-state index is 6.14. The van der Waals surface area contributed by atoms with Crippen molar-refractivity contribution in [3.63, 3.8) is 0 Å². The van der Waals surface area contributed by atoms with Crippen LogP contribution >= 0.6 is 11.6 Å². The topological polar surface area (TPSA) is 55.0 Å². The number of nitrogens with zero attached hydrogens (tertiary/aromatic N) is 3. The first kappa shape index (κ1) is 11.6. The molecule has 1 aliphatic rings. The first-order valence-corrected chi connectivity index (χ1v) is 6.02. The zero-order chi connectivity index (χ0) is 11.5. The summed E-state index contributed by atoms with van der Waals surface area (Å²) >= 11 is 6.08. The lowest BCUT2D eigenvalue weighted by atomic mass is 9.90. The SMILES string of the molecule is CN(c1ncncc1Cl)C1CCCCC1N. The highest BCUT2D eigenvalue weighted by Crippen LogP contribution is 2.28. The van der Waals surface area contributed by atoms with Crippen LogP contribution in [0.15, 0.2) is 12.5 Å². The Bertz CT molecular complexity index is 358. The van der Waals surface area contributed by atoms with Crippen molar-refractivity contribution in [2.75, 3.05) is 11.9 Å². The van der Waals surface area contributed by atoms with Gasteiger partial charge in [-0.15, -0.1) is 0 Å². The van der Waals surface area contributed by atoms with Gasteiger partial charge in [0, 0.05) is 19.1 Å². The van der Waals surface area contributed by atoms with Gasteiger partial charge in [-0.1, -0.05) is 24.4 Å². The normalized spacial score (nSPS) is 25.4. The Labute approximate surface area is 101 Å². The summed E-state index contributed by atoms with van der Waals surface area (Å²) in [5.74, 6) is 0.777. The standard InChI is InChI=1S/C11H17ClN4/c1-16(10-5-3-2-4-9(10)13)11-8(12)6-14-7-15-11/h6-7,9-10H,2-5,13H2,1H3. The minimum absolute atomic E-state index is 0.213. The van der Waals surface area contributed by atoms with Gasteiger partial charge < -0.3 is 10.6 Å². The molecule has 2 unspecified atom stereocenters. The zero-order valence-electron chi connectivity index (χ0n) is 9.43. The average molecular weight is 241 g/mol. The molecule has 4 nitrogen and oxygen atoms in total. The molecule has 2 N–H and O–H groups in total. The van der Waals surface area contributed by atoms with E-state index in [-0.39, 0.29) is 6.04 Å². The van der Waals surface area contributed by atoms with Gasteiger partial charge in [0.15, 0.2) is 5.82 Å². The fraction of sp³-hybridized carbons (Fsp3) is 0.636. The van der Waals surface area contributed by atoms with Crippen LogP contribution in [-0.4, -0.2) is 29.1 Å². The van der Waals surface area contributed by atoms with Gasteiger partial charge in [-0.3, -0.25) is 0 Å². The highest BCUT2D eigenvalue weighted by atomic mass is 35.5. The molecular formula is C11H17ClN4. The summed E-state index contributed by atoms with van der Waals surface area (Å²) < 4.78 is 0. The molecule has 2 rings (SSSR count). The summed E-state index contributed by atoms with van der Waals surface area (Å²) in [4.78, 5) is 10.2. The van der Waals surface area contributed by atoms with Crippen molar-refractivity contribution >= 4 is 17.4 Å². The second-order valence-corrected chi connectivity index (χ2v) is 4.73. The number of aromatic nitrogens is 2. The molecule has 0 bridgehead atoms. The van der Waals surface area contributed by atoms with Crippen LogP contribution in [0.2, 0.25) is 5.02 Å². The largest absolute Gasteiger partial charge is 0.354 e. The van der Waals surface area contributed by atoms with Gasteiger partial charge in [0.2, 0.25) is 0 Å². The Morgan fingerprint density at radius 2 is 2.19 bits per heavy atom. The Morgan fingerprint density at radius 1 is 1.44 bits per heavy atom. The minimum Gasteiger partial charge on any atom is -0.354 e. The average Bonchev–Trinajstić information content (AvgIpc) is 2.29. The highest BCUT2D eigenvalue weighted by Gasteiger charge is 2.27. The van der Waals surface area contributed by atoms with Crippen molar-refractivity contribution in [1.29, 1.82) is 0 Å². The van der Waals surface area contributed by atoms with Crippen molar-refractivity contribution in [3.05, 3.63) is 17.5 Å². The maximum atomic E-state index is 6.14. The molecule has 1 saturated carbocycles. The van der Waals surface area contributed by atoms with Crippen molar-refractivity contribution < 1.29 is 0 Å². The summed E-state index contributed by atoms with van der Waals surface area (Å²) in [5.41, 5.74) is 6.14. The molecular weight excluding hydrogens is 224 g/mol. The van der Waals surface area contributed by atoms with E-state index >= 15 is 0 Å². The summed E-state index contributed by atoms with van der Waals surface area (Å²) in [7, 11) is 2.00. The molecule has 0 amide bonds. The summed E-state index contributed by atoms with van der Waals surface area (Å²) in [6.45, 7) is 0. The van der Waals surface area contributed by atoms with Crippen molar-refractivity contribution in [2.24, 2.45) is 5.73 Å². The predicted molar refractivity (Wildman–Crippen MR) is 65.7 cm³/mol. The molecule has 5 heteroatoms.